The van der Waals surface area contributed by atoms with Gasteiger partial charge in [0.2, 0.25) is 35.4 Å². The van der Waals surface area contributed by atoms with Gasteiger partial charge in [-0.25, -0.2) is 4.79 Å². The first kappa shape index (κ1) is 43.3. The Hall–Kier alpha value is -4.77. The number of nitrogens with one attached hydrogen (secondary N) is 5. The first-order valence-corrected chi connectivity index (χ1v) is 16.5. The number of hydrogen-bond donors (Lipinski definition) is 10. The molecule has 0 aromatic rings. The molecular formula is C33H53N7O10. The molecule has 6 amide bonds. The summed E-state index contributed by atoms with van der Waals surface area (Å²) in [6.07, 6.45) is 5.78. The van der Waals surface area contributed by atoms with Crippen LogP contribution < -0.4 is 38.1 Å². The van der Waals surface area contributed by atoms with E-state index in [1.807, 2.05) is 0 Å². The third-order valence-corrected chi connectivity index (χ3v) is 8.09. The van der Waals surface area contributed by atoms with Crippen LogP contribution in [0.4, 0.5) is 0 Å². The quantitative estimate of drug-likeness (QED) is 0.0714. The van der Waals surface area contributed by atoms with Gasteiger partial charge in [0.25, 0.3) is 0 Å². The van der Waals surface area contributed by atoms with E-state index in [-0.39, 0.29) is 25.0 Å². The van der Waals surface area contributed by atoms with Crippen LogP contribution in [0.5, 0.6) is 0 Å². The number of allylic oxidation sites excluding steroid dienone is 4. The molecule has 0 spiro atoms. The van der Waals surface area contributed by atoms with Crippen LogP contribution in [0.25, 0.3) is 0 Å². The van der Waals surface area contributed by atoms with Gasteiger partial charge in [-0.15, -0.1) is 0 Å². The van der Waals surface area contributed by atoms with Gasteiger partial charge in [0.15, 0.2) is 0 Å². The summed E-state index contributed by atoms with van der Waals surface area (Å²) in [4.78, 5) is 89.8. The van der Waals surface area contributed by atoms with Crippen LogP contribution >= 0.6 is 0 Å². The molecule has 7 atom stereocenters. The van der Waals surface area contributed by atoms with E-state index >= 15 is 0 Å². The summed E-state index contributed by atoms with van der Waals surface area (Å²) in [7, 11) is 0. The van der Waals surface area contributed by atoms with Gasteiger partial charge in [-0.2, -0.15) is 0 Å². The Morgan fingerprint density at radius 2 is 1.32 bits per heavy atom. The summed E-state index contributed by atoms with van der Waals surface area (Å²) in [6.45, 7) is 9.31. The SMILES string of the molecule is CC[C@H](C)[C@H](NC(=O)[C@H](CCC(N)=O)NC(=O)[C@@H](NC(=O)[C@@H](N)CO)C(C)C)C(=O)N[C@H](C(=O)N[C@@H](/C=C1/C=CC(O)=CC1)C(=O)O)C(C)C. The zero-order valence-corrected chi connectivity index (χ0v) is 29.4. The van der Waals surface area contributed by atoms with Crippen molar-refractivity contribution in [2.24, 2.45) is 29.2 Å². The average Bonchev–Trinajstić information content (AvgIpc) is 3.05. The van der Waals surface area contributed by atoms with Crippen molar-refractivity contribution >= 4 is 41.4 Å². The van der Waals surface area contributed by atoms with Crippen molar-refractivity contribution in [2.75, 3.05) is 6.61 Å². The van der Waals surface area contributed by atoms with Crippen molar-refractivity contribution in [1.82, 2.24) is 26.6 Å². The van der Waals surface area contributed by atoms with Crippen LogP contribution in [0.1, 0.15) is 67.2 Å². The second-order valence-corrected chi connectivity index (χ2v) is 12.9. The molecule has 0 aromatic carbocycles. The van der Waals surface area contributed by atoms with E-state index < -0.39 is 102 Å². The van der Waals surface area contributed by atoms with Crippen LogP contribution in [-0.2, 0) is 33.6 Å². The molecule has 0 radical (unpaired) electrons. The lowest BCUT2D eigenvalue weighted by molar-refractivity contribution is -0.141. The van der Waals surface area contributed by atoms with E-state index in [1.165, 1.54) is 24.3 Å². The molecule has 0 saturated carbocycles. The highest BCUT2D eigenvalue weighted by molar-refractivity contribution is 5.97. The van der Waals surface area contributed by atoms with E-state index in [9.17, 15) is 48.9 Å². The van der Waals surface area contributed by atoms with E-state index in [0.717, 1.165) is 0 Å². The highest BCUT2D eigenvalue weighted by Crippen LogP contribution is 2.16. The molecular weight excluding hydrogens is 654 g/mol. The minimum absolute atomic E-state index is 0.0258. The number of carboxylic acid groups (broad SMARTS) is 1. The standard InChI is InChI=1S/C33H53N7O10/c1-7-18(6)27(32(48)39-26(17(4)5)31(47)37-23(33(49)50)14-19-8-10-20(42)11-9-19)40-29(45)22(12-13-24(35)43)36-30(46)25(16(2)3)38-28(44)21(34)15-41/h8,10-11,14,16-18,21-23,25-27,41-42H,7,9,12-13,15,34H2,1-6H3,(H2,35,43)(H,36,46)(H,37,47)(H,38,44)(H,39,48)(H,40,45)(H,49,50)/b19-14-/t18-,21-,22-,23-,25-,26-,27-/m0/s1. The maximum Gasteiger partial charge on any atom is 0.330 e. The van der Waals surface area contributed by atoms with Gasteiger partial charge in [-0.05, 0) is 54.4 Å². The number of aliphatic hydroxyl groups is 2. The molecule has 0 fully saturated rings. The fourth-order valence-corrected chi connectivity index (χ4v) is 4.74. The number of nitrogens with two attached hydrogens (primary N) is 2. The third-order valence-electron chi connectivity index (χ3n) is 8.09. The molecule has 50 heavy (non-hydrogen) atoms. The Morgan fingerprint density at radius 3 is 1.78 bits per heavy atom. The third kappa shape index (κ3) is 14.0. The summed E-state index contributed by atoms with van der Waals surface area (Å²) in [5.74, 6) is -7.56. The smallest absolute Gasteiger partial charge is 0.330 e. The highest BCUT2D eigenvalue weighted by Gasteiger charge is 2.35. The second-order valence-electron chi connectivity index (χ2n) is 12.9. The van der Waals surface area contributed by atoms with Crippen LogP contribution in [0.15, 0.2) is 35.6 Å². The molecule has 0 bridgehead atoms. The normalized spacial score (nSPS) is 17.7. The van der Waals surface area contributed by atoms with Gasteiger partial charge in [0.1, 0.15) is 42.0 Å². The number of carbonyl (C=O) groups excluding carboxylic acids is 6. The molecule has 12 N–H and O–H groups in total. The number of hydrogen-bond acceptors (Lipinski definition) is 10. The maximum absolute atomic E-state index is 13.7. The minimum Gasteiger partial charge on any atom is -0.508 e. The topological polar surface area (TPSA) is 292 Å². The number of carboxylic acids is 1. The van der Waals surface area contributed by atoms with Crippen molar-refractivity contribution in [3.05, 3.63) is 35.6 Å². The molecule has 17 nitrogen and oxygen atoms in total. The average molecular weight is 708 g/mol. The Labute approximate surface area is 291 Å². The number of aliphatic carboxylic acids is 1. The Bertz CT molecular complexity index is 1340. The molecule has 1 aliphatic rings. The summed E-state index contributed by atoms with van der Waals surface area (Å²) in [5, 5.41) is 41.1. The summed E-state index contributed by atoms with van der Waals surface area (Å²) in [5.41, 5.74) is 11.4. The van der Waals surface area contributed by atoms with Crippen molar-refractivity contribution in [3.8, 4) is 0 Å². The van der Waals surface area contributed by atoms with Gasteiger partial charge >= 0.3 is 5.97 Å². The lowest BCUT2D eigenvalue weighted by Gasteiger charge is -2.30. The van der Waals surface area contributed by atoms with Crippen LogP contribution in [0.3, 0.4) is 0 Å². The van der Waals surface area contributed by atoms with Crippen LogP contribution in [0, 0.1) is 17.8 Å². The summed E-state index contributed by atoms with van der Waals surface area (Å²) in [6, 6.07) is -7.75. The van der Waals surface area contributed by atoms with Gasteiger partial charge in [0.05, 0.1) is 6.61 Å². The molecule has 280 valence electrons. The zero-order valence-electron chi connectivity index (χ0n) is 29.4. The highest BCUT2D eigenvalue weighted by atomic mass is 16.4. The predicted octanol–water partition coefficient (Wildman–Crippen LogP) is -1.23. The largest absolute Gasteiger partial charge is 0.508 e. The zero-order chi connectivity index (χ0) is 38.3. The summed E-state index contributed by atoms with van der Waals surface area (Å²) >= 11 is 0. The number of aliphatic hydroxyl groups excluding tert-OH is 2. The van der Waals surface area contributed by atoms with Crippen LogP contribution in [-0.4, -0.2) is 99.6 Å². The molecule has 1 rings (SSSR count). The van der Waals surface area contributed by atoms with Crippen molar-refractivity contribution < 1.29 is 48.9 Å². The van der Waals surface area contributed by atoms with Crippen molar-refractivity contribution in [1.29, 1.82) is 0 Å². The summed E-state index contributed by atoms with van der Waals surface area (Å²) < 4.78 is 0. The number of primary amides is 1. The Balaban J connectivity index is 3.24. The van der Waals surface area contributed by atoms with Crippen molar-refractivity contribution in [3.63, 3.8) is 0 Å². The maximum atomic E-state index is 13.7. The van der Waals surface area contributed by atoms with Gasteiger partial charge < -0.3 is 53.4 Å². The lowest BCUT2D eigenvalue weighted by Crippen LogP contribution is -2.61. The molecule has 0 aliphatic heterocycles. The monoisotopic (exact) mass is 707 g/mol. The lowest BCUT2D eigenvalue weighted by atomic mass is 9.95. The van der Waals surface area contributed by atoms with E-state index in [4.69, 9.17) is 11.5 Å². The van der Waals surface area contributed by atoms with Gasteiger partial charge in [0, 0.05) is 6.42 Å². The fourth-order valence-electron chi connectivity index (χ4n) is 4.74. The Kier molecular flexibility index (Phi) is 17.9. The fraction of sp³-hybridized carbons (Fsp3) is 0.606. The number of carbonyl (C=O) groups is 7. The minimum atomic E-state index is -1.45. The van der Waals surface area contributed by atoms with Crippen LogP contribution in [0.2, 0.25) is 0 Å². The van der Waals surface area contributed by atoms with E-state index in [0.29, 0.717) is 12.0 Å². The molecule has 17 heteroatoms. The first-order chi connectivity index (χ1) is 23.3. The molecule has 0 heterocycles. The predicted molar refractivity (Wildman–Crippen MR) is 182 cm³/mol. The Morgan fingerprint density at radius 1 is 0.800 bits per heavy atom. The van der Waals surface area contributed by atoms with E-state index in [2.05, 4.69) is 26.6 Å². The van der Waals surface area contributed by atoms with Gasteiger partial charge in [-0.3, -0.25) is 28.8 Å². The second kappa shape index (κ2) is 20.7. The van der Waals surface area contributed by atoms with Gasteiger partial charge in [-0.1, -0.05) is 54.0 Å². The molecule has 1 aliphatic carbocycles. The molecule has 0 unspecified atom stereocenters. The molecule has 0 saturated heterocycles. The molecule has 0 aromatic heterocycles. The number of amides is 6. The van der Waals surface area contributed by atoms with Crippen molar-refractivity contribution in [2.45, 2.75) is 103 Å². The number of rotatable bonds is 20. The first-order valence-electron chi connectivity index (χ1n) is 16.5. The van der Waals surface area contributed by atoms with E-state index in [1.54, 1.807) is 41.5 Å².